The average molecular weight is 505 g/mol. The standard InChI is InChI=1S/C19H15ClF2N10OS/c1-9(15-24-8-25-27-15)26-17(33)10-5-11(32-18(19(2,21)22)28-29-30-32)16-23-6-12(31(16)7-10)13-3-4-14(20)34-13/h3-9H,1-2H3,(H,26,33)(H,24,25,27)/t9-/m0/s1. The van der Waals surface area contributed by atoms with Crippen LogP contribution in [0.3, 0.4) is 0 Å². The molecule has 34 heavy (non-hydrogen) atoms. The number of fused-ring (bicyclic) bond motifs is 1. The maximum atomic E-state index is 14.2. The monoisotopic (exact) mass is 504 g/mol. The minimum Gasteiger partial charge on any atom is -0.342 e. The maximum Gasteiger partial charge on any atom is 0.305 e. The Bertz CT molecular complexity index is 1490. The largest absolute Gasteiger partial charge is 0.342 e. The second-order valence-electron chi connectivity index (χ2n) is 7.42. The summed E-state index contributed by atoms with van der Waals surface area (Å²) in [6.07, 6.45) is 4.45. The Morgan fingerprint density at radius 1 is 1.32 bits per heavy atom. The zero-order valence-electron chi connectivity index (χ0n) is 17.6. The molecule has 1 atom stereocenters. The number of aromatic amines is 1. The molecule has 0 aliphatic rings. The van der Waals surface area contributed by atoms with Crippen LogP contribution in [0.1, 0.15) is 41.9 Å². The van der Waals surface area contributed by atoms with Crippen molar-refractivity contribution in [1.82, 2.24) is 50.1 Å². The van der Waals surface area contributed by atoms with Gasteiger partial charge in [0.2, 0.25) is 5.82 Å². The molecule has 0 saturated heterocycles. The fourth-order valence-electron chi connectivity index (χ4n) is 3.38. The third kappa shape index (κ3) is 3.90. The molecule has 0 fully saturated rings. The molecule has 0 aromatic carbocycles. The molecule has 0 radical (unpaired) electrons. The molecule has 174 valence electrons. The Morgan fingerprint density at radius 3 is 2.82 bits per heavy atom. The number of alkyl halides is 2. The summed E-state index contributed by atoms with van der Waals surface area (Å²) in [5, 5.41) is 19.9. The highest BCUT2D eigenvalue weighted by molar-refractivity contribution is 7.19. The highest BCUT2D eigenvalue weighted by Gasteiger charge is 2.33. The fraction of sp³-hybridized carbons (Fsp3) is 0.211. The van der Waals surface area contributed by atoms with Crippen molar-refractivity contribution < 1.29 is 13.6 Å². The van der Waals surface area contributed by atoms with E-state index in [0.29, 0.717) is 22.8 Å². The minimum atomic E-state index is -3.34. The normalized spacial score (nSPS) is 12.9. The Balaban J connectivity index is 1.67. The van der Waals surface area contributed by atoms with Gasteiger partial charge >= 0.3 is 5.92 Å². The second kappa shape index (κ2) is 8.22. The molecule has 0 bridgehead atoms. The van der Waals surface area contributed by atoms with Crippen LogP contribution in [0.2, 0.25) is 4.34 Å². The maximum absolute atomic E-state index is 14.2. The Labute approximate surface area is 198 Å². The first kappa shape index (κ1) is 22.0. The first-order chi connectivity index (χ1) is 16.2. The average Bonchev–Trinajstić information content (AvgIpc) is 3.58. The number of hydrogen-bond acceptors (Lipinski definition) is 8. The van der Waals surface area contributed by atoms with Gasteiger partial charge in [0.1, 0.15) is 17.8 Å². The van der Waals surface area contributed by atoms with Gasteiger partial charge in [-0.2, -0.15) is 18.6 Å². The molecule has 5 heterocycles. The van der Waals surface area contributed by atoms with Gasteiger partial charge in [-0.3, -0.25) is 14.3 Å². The van der Waals surface area contributed by atoms with Crippen LogP contribution in [-0.2, 0) is 5.92 Å². The van der Waals surface area contributed by atoms with Crippen LogP contribution in [0.5, 0.6) is 0 Å². The van der Waals surface area contributed by atoms with Gasteiger partial charge in [-0.15, -0.1) is 16.4 Å². The van der Waals surface area contributed by atoms with E-state index in [1.807, 2.05) is 0 Å². The van der Waals surface area contributed by atoms with Gasteiger partial charge in [0, 0.05) is 13.1 Å². The van der Waals surface area contributed by atoms with Crippen LogP contribution >= 0.6 is 22.9 Å². The highest BCUT2D eigenvalue weighted by atomic mass is 35.5. The third-order valence-electron chi connectivity index (χ3n) is 4.96. The number of rotatable bonds is 6. The number of pyridine rings is 1. The van der Waals surface area contributed by atoms with Gasteiger partial charge in [-0.05, 0) is 35.5 Å². The number of aromatic nitrogens is 9. The number of thiophene rings is 1. The molecule has 0 spiro atoms. The van der Waals surface area contributed by atoms with E-state index in [1.165, 1.54) is 23.7 Å². The number of hydrogen-bond donors (Lipinski definition) is 2. The van der Waals surface area contributed by atoms with Gasteiger partial charge in [0.15, 0.2) is 5.65 Å². The zero-order chi connectivity index (χ0) is 24.0. The van der Waals surface area contributed by atoms with Crippen molar-refractivity contribution in [2.24, 2.45) is 0 Å². The Morgan fingerprint density at radius 2 is 2.15 bits per heavy atom. The summed E-state index contributed by atoms with van der Waals surface area (Å²) in [4.78, 5) is 22.3. The van der Waals surface area contributed by atoms with Crippen molar-refractivity contribution in [2.75, 3.05) is 0 Å². The quantitative estimate of drug-likeness (QED) is 0.362. The number of tetrazole rings is 1. The molecule has 11 nitrogen and oxygen atoms in total. The summed E-state index contributed by atoms with van der Waals surface area (Å²) in [6.45, 7) is 2.41. The zero-order valence-corrected chi connectivity index (χ0v) is 19.1. The molecule has 0 aliphatic heterocycles. The first-order valence-corrected chi connectivity index (χ1v) is 11.0. The van der Waals surface area contributed by atoms with E-state index in [0.717, 1.165) is 9.56 Å². The van der Waals surface area contributed by atoms with Crippen molar-refractivity contribution in [3.8, 4) is 16.3 Å². The topological polar surface area (TPSA) is 132 Å². The molecular formula is C19H15ClF2N10OS. The van der Waals surface area contributed by atoms with Crippen molar-refractivity contribution in [2.45, 2.75) is 25.8 Å². The fourth-order valence-corrected chi connectivity index (χ4v) is 4.43. The number of imidazole rings is 1. The Hall–Kier alpha value is -3.78. The Kier molecular flexibility index (Phi) is 5.32. The molecule has 1 amide bonds. The van der Waals surface area contributed by atoms with Crippen LogP contribution in [-0.4, -0.2) is 50.7 Å². The first-order valence-electron chi connectivity index (χ1n) is 9.82. The van der Waals surface area contributed by atoms with Crippen LogP contribution in [0.25, 0.3) is 21.9 Å². The van der Waals surface area contributed by atoms with Crippen molar-refractivity contribution in [1.29, 1.82) is 0 Å². The van der Waals surface area contributed by atoms with E-state index in [1.54, 1.807) is 35.9 Å². The molecule has 0 unspecified atom stereocenters. The minimum absolute atomic E-state index is 0.107. The van der Waals surface area contributed by atoms with Crippen LogP contribution in [0, 0.1) is 0 Å². The van der Waals surface area contributed by atoms with Gasteiger partial charge in [-0.1, -0.05) is 11.6 Å². The third-order valence-corrected chi connectivity index (χ3v) is 6.21. The SMILES string of the molecule is C[C@H](NC(=O)c1cc(-n2nnnc2C(C)(F)F)c2ncc(-c3ccc(Cl)s3)n2c1)c1ncn[nH]1. The van der Waals surface area contributed by atoms with Gasteiger partial charge in [-0.25, -0.2) is 9.97 Å². The number of carbonyl (C=O) groups excluding carboxylic acids is 1. The summed E-state index contributed by atoms with van der Waals surface area (Å²) in [6, 6.07) is 4.45. The van der Waals surface area contributed by atoms with Gasteiger partial charge < -0.3 is 5.32 Å². The summed E-state index contributed by atoms with van der Waals surface area (Å²) < 4.78 is 31.5. The van der Waals surface area contributed by atoms with E-state index in [9.17, 15) is 13.6 Å². The summed E-state index contributed by atoms with van der Waals surface area (Å²) in [7, 11) is 0. The molecule has 0 aliphatic carbocycles. The summed E-state index contributed by atoms with van der Waals surface area (Å²) in [5.74, 6) is -4.05. The summed E-state index contributed by atoms with van der Waals surface area (Å²) in [5.41, 5.74) is 1.16. The van der Waals surface area contributed by atoms with Crippen molar-refractivity contribution in [3.63, 3.8) is 0 Å². The van der Waals surface area contributed by atoms with Gasteiger partial charge in [0.05, 0.1) is 32.7 Å². The lowest BCUT2D eigenvalue weighted by Gasteiger charge is -2.15. The number of H-pyrrole nitrogens is 1. The second-order valence-corrected chi connectivity index (χ2v) is 9.14. The predicted octanol–water partition coefficient (Wildman–Crippen LogP) is 3.41. The molecule has 2 N–H and O–H groups in total. The highest BCUT2D eigenvalue weighted by Crippen LogP contribution is 2.34. The summed E-state index contributed by atoms with van der Waals surface area (Å²) >= 11 is 7.41. The van der Waals surface area contributed by atoms with E-state index >= 15 is 0 Å². The smallest absolute Gasteiger partial charge is 0.305 e. The van der Waals surface area contributed by atoms with Crippen molar-refractivity contribution in [3.05, 3.63) is 58.5 Å². The van der Waals surface area contributed by atoms with E-state index in [-0.39, 0.29) is 16.9 Å². The number of carbonyl (C=O) groups is 1. The van der Waals surface area contributed by atoms with Crippen LogP contribution < -0.4 is 5.32 Å². The van der Waals surface area contributed by atoms with Crippen LogP contribution in [0.15, 0.2) is 36.9 Å². The molecular weight excluding hydrogens is 490 g/mol. The molecule has 5 aromatic rings. The number of amides is 1. The van der Waals surface area contributed by atoms with Crippen LogP contribution in [0.4, 0.5) is 8.78 Å². The molecule has 15 heteroatoms. The van der Waals surface area contributed by atoms with Crippen molar-refractivity contribution >= 4 is 34.5 Å². The molecule has 0 saturated carbocycles. The lowest BCUT2D eigenvalue weighted by atomic mass is 10.2. The molecule has 5 aromatic heterocycles. The van der Waals surface area contributed by atoms with E-state index in [2.05, 4.69) is 41.0 Å². The predicted molar refractivity (Wildman–Crippen MR) is 118 cm³/mol. The number of nitrogens with one attached hydrogen (secondary N) is 2. The number of halogens is 3. The molecule has 5 rings (SSSR count). The number of nitrogens with zero attached hydrogens (tertiary/aromatic N) is 8. The van der Waals surface area contributed by atoms with Gasteiger partial charge in [0.25, 0.3) is 5.91 Å². The lowest BCUT2D eigenvalue weighted by molar-refractivity contribution is 0.00530. The van der Waals surface area contributed by atoms with E-state index < -0.39 is 23.7 Å². The van der Waals surface area contributed by atoms with E-state index in [4.69, 9.17) is 11.6 Å². The lowest BCUT2D eigenvalue weighted by Crippen LogP contribution is -2.28.